The quantitative estimate of drug-likeness (QED) is 0.526. The summed E-state index contributed by atoms with van der Waals surface area (Å²) in [5.41, 5.74) is 3.28. The van der Waals surface area contributed by atoms with Crippen molar-refractivity contribution in [1.82, 2.24) is 4.57 Å². The fraction of sp³-hybridized carbons (Fsp3) is 0.105. The monoisotopic (exact) mass is 323 g/mol. The van der Waals surface area contributed by atoms with Crippen LogP contribution in [0, 0.1) is 5.82 Å². The van der Waals surface area contributed by atoms with Gasteiger partial charge in [-0.05, 0) is 29.8 Å². The molecule has 120 valence electrons. The number of ether oxygens (including phenoxy) is 1. The van der Waals surface area contributed by atoms with Crippen molar-refractivity contribution in [2.24, 2.45) is 0 Å². The SMILES string of the molecule is COC(=O)c1cc2oc3ccccc3c2n1Cc1cccc(F)c1. The first-order valence-electron chi connectivity index (χ1n) is 7.51. The number of para-hydroxylation sites is 1. The van der Waals surface area contributed by atoms with E-state index in [0.717, 1.165) is 22.0 Å². The number of esters is 1. The lowest BCUT2D eigenvalue weighted by Gasteiger charge is -2.09. The van der Waals surface area contributed by atoms with Crippen molar-refractivity contribution >= 4 is 28.0 Å². The average Bonchev–Trinajstić information content (AvgIpc) is 3.11. The van der Waals surface area contributed by atoms with Crippen molar-refractivity contribution in [2.45, 2.75) is 6.54 Å². The summed E-state index contributed by atoms with van der Waals surface area (Å²) >= 11 is 0. The van der Waals surface area contributed by atoms with Crippen molar-refractivity contribution in [3.8, 4) is 0 Å². The molecule has 0 spiro atoms. The summed E-state index contributed by atoms with van der Waals surface area (Å²) in [4.78, 5) is 12.1. The Kier molecular flexibility index (Phi) is 3.34. The highest BCUT2D eigenvalue weighted by atomic mass is 19.1. The standard InChI is InChI=1S/C19H14FNO3/c1-23-19(22)15-10-17-18(14-7-2-3-8-16(14)24-17)21(15)11-12-5-4-6-13(20)9-12/h2-10H,11H2,1H3. The smallest absolute Gasteiger partial charge is 0.354 e. The molecule has 5 heteroatoms. The molecule has 0 saturated heterocycles. The molecule has 4 nitrogen and oxygen atoms in total. The number of rotatable bonds is 3. The molecule has 0 atom stereocenters. The molecule has 0 unspecified atom stereocenters. The number of methoxy groups -OCH3 is 1. The minimum Gasteiger partial charge on any atom is -0.464 e. The van der Waals surface area contributed by atoms with Crippen molar-refractivity contribution in [3.05, 3.63) is 71.7 Å². The molecule has 0 bridgehead atoms. The van der Waals surface area contributed by atoms with Gasteiger partial charge in [0.25, 0.3) is 0 Å². The van der Waals surface area contributed by atoms with E-state index in [2.05, 4.69) is 0 Å². The second kappa shape index (κ2) is 5.53. The number of carbonyl (C=O) groups excluding carboxylic acids is 1. The van der Waals surface area contributed by atoms with Crippen LogP contribution in [-0.4, -0.2) is 17.6 Å². The van der Waals surface area contributed by atoms with Gasteiger partial charge in [-0.25, -0.2) is 9.18 Å². The molecule has 4 rings (SSSR count). The third-order valence-electron chi connectivity index (χ3n) is 4.05. The maximum atomic E-state index is 13.5. The Morgan fingerprint density at radius 2 is 1.96 bits per heavy atom. The molecule has 0 aliphatic rings. The van der Waals surface area contributed by atoms with Crippen molar-refractivity contribution in [1.29, 1.82) is 0 Å². The van der Waals surface area contributed by atoms with Gasteiger partial charge in [0.2, 0.25) is 0 Å². The van der Waals surface area contributed by atoms with Crippen LogP contribution in [0.15, 0.2) is 59.0 Å². The number of benzene rings is 2. The van der Waals surface area contributed by atoms with Crippen LogP contribution in [0.3, 0.4) is 0 Å². The van der Waals surface area contributed by atoms with E-state index >= 15 is 0 Å². The first kappa shape index (κ1) is 14.5. The zero-order valence-corrected chi connectivity index (χ0v) is 13.0. The number of furan rings is 1. The third-order valence-corrected chi connectivity index (χ3v) is 4.05. The summed E-state index contributed by atoms with van der Waals surface area (Å²) in [6, 6.07) is 15.6. The largest absolute Gasteiger partial charge is 0.464 e. The number of halogens is 1. The van der Waals surface area contributed by atoms with E-state index in [4.69, 9.17) is 9.15 Å². The minimum absolute atomic E-state index is 0.312. The highest BCUT2D eigenvalue weighted by molar-refractivity contribution is 6.06. The molecule has 0 aliphatic heterocycles. The Bertz CT molecular complexity index is 1060. The Balaban J connectivity index is 1.96. The molecular formula is C19H14FNO3. The summed E-state index contributed by atoms with van der Waals surface area (Å²) in [6.07, 6.45) is 0. The molecule has 24 heavy (non-hydrogen) atoms. The maximum Gasteiger partial charge on any atom is 0.354 e. The molecule has 2 heterocycles. The zero-order chi connectivity index (χ0) is 16.7. The number of fused-ring (bicyclic) bond motifs is 3. The van der Waals surface area contributed by atoms with Gasteiger partial charge in [-0.15, -0.1) is 0 Å². The molecule has 0 radical (unpaired) electrons. The summed E-state index contributed by atoms with van der Waals surface area (Å²) < 4.78 is 26.0. The molecular weight excluding hydrogens is 309 g/mol. The number of carbonyl (C=O) groups is 1. The summed E-state index contributed by atoms with van der Waals surface area (Å²) in [6.45, 7) is 0.342. The Morgan fingerprint density at radius 1 is 1.12 bits per heavy atom. The lowest BCUT2D eigenvalue weighted by Crippen LogP contribution is -2.11. The molecule has 0 N–H and O–H groups in total. The van der Waals surface area contributed by atoms with Crippen LogP contribution in [0.4, 0.5) is 4.39 Å². The van der Waals surface area contributed by atoms with Gasteiger partial charge in [0.15, 0.2) is 5.58 Å². The topological polar surface area (TPSA) is 44.4 Å². The molecule has 2 aromatic carbocycles. The summed E-state index contributed by atoms with van der Waals surface area (Å²) in [7, 11) is 1.34. The van der Waals surface area contributed by atoms with Gasteiger partial charge in [0.05, 0.1) is 12.6 Å². The normalized spacial score (nSPS) is 11.2. The molecule has 2 aromatic heterocycles. The Hall–Kier alpha value is -3.08. The first-order chi connectivity index (χ1) is 11.7. The van der Waals surface area contributed by atoms with E-state index < -0.39 is 5.97 Å². The van der Waals surface area contributed by atoms with Gasteiger partial charge in [-0.3, -0.25) is 0 Å². The van der Waals surface area contributed by atoms with E-state index in [0.29, 0.717) is 17.8 Å². The van der Waals surface area contributed by atoms with Gasteiger partial charge in [0.1, 0.15) is 17.1 Å². The number of nitrogens with zero attached hydrogens (tertiary/aromatic N) is 1. The summed E-state index contributed by atoms with van der Waals surface area (Å²) in [5, 5.41) is 0.902. The third kappa shape index (κ3) is 2.25. The van der Waals surface area contributed by atoms with Crippen LogP contribution in [-0.2, 0) is 11.3 Å². The van der Waals surface area contributed by atoms with Gasteiger partial charge in [0, 0.05) is 18.0 Å². The fourth-order valence-corrected chi connectivity index (χ4v) is 3.01. The lowest BCUT2D eigenvalue weighted by atomic mass is 10.2. The van der Waals surface area contributed by atoms with Crippen LogP contribution in [0.5, 0.6) is 0 Å². The van der Waals surface area contributed by atoms with Gasteiger partial charge >= 0.3 is 5.97 Å². The Morgan fingerprint density at radius 3 is 2.75 bits per heavy atom. The summed E-state index contributed by atoms with van der Waals surface area (Å²) in [5.74, 6) is -0.769. The van der Waals surface area contributed by atoms with Crippen LogP contribution in [0.25, 0.3) is 22.1 Å². The van der Waals surface area contributed by atoms with E-state index in [-0.39, 0.29) is 5.82 Å². The van der Waals surface area contributed by atoms with Crippen molar-refractivity contribution in [2.75, 3.05) is 7.11 Å². The van der Waals surface area contributed by atoms with Crippen LogP contribution in [0.2, 0.25) is 0 Å². The van der Waals surface area contributed by atoms with E-state index in [1.807, 2.05) is 34.9 Å². The maximum absolute atomic E-state index is 13.5. The predicted molar refractivity (Wildman–Crippen MR) is 88.6 cm³/mol. The molecule has 0 saturated carbocycles. The van der Waals surface area contributed by atoms with Crippen molar-refractivity contribution in [3.63, 3.8) is 0 Å². The molecule has 0 amide bonds. The van der Waals surface area contributed by atoms with Crippen molar-refractivity contribution < 1.29 is 18.3 Å². The average molecular weight is 323 g/mol. The minimum atomic E-state index is -0.457. The number of aromatic nitrogens is 1. The van der Waals surface area contributed by atoms with Crippen LogP contribution < -0.4 is 0 Å². The Labute approximate surface area is 137 Å². The van der Waals surface area contributed by atoms with E-state index in [1.165, 1.54) is 19.2 Å². The molecule has 4 aromatic rings. The van der Waals surface area contributed by atoms with Crippen LogP contribution in [0.1, 0.15) is 16.1 Å². The lowest BCUT2D eigenvalue weighted by molar-refractivity contribution is 0.0589. The molecule has 0 fully saturated rings. The number of hydrogen-bond donors (Lipinski definition) is 0. The second-order valence-electron chi connectivity index (χ2n) is 5.55. The van der Waals surface area contributed by atoms with E-state index in [1.54, 1.807) is 12.1 Å². The predicted octanol–water partition coefficient (Wildman–Crippen LogP) is 4.36. The highest BCUT2D eigenvalue weighted by Gasteiger charge is 2.21. The van der Waals surface area contributed by atoms with Crippen LogP contribution >= 0.6 is 0 Å². The highest BCUT2D eigenvalue weighted by Crippen LogP contribution is 2.32. The van der Waals surface area contributed by atoms with Gasteiger partial charge in [-0.2, -0.15) is 0 Å². The fourth-order valence-electron chi connectivity index (χ4n) is 3.01. The van der Waals surface area contributed by atoms with Gasteiger partial charge < -0.3 is 13.7 Å². The zero-order valence-electron chi connectivity index (χ0n) is 13.0. The van der Waals surface area contributed by atoms with Gasteiger partial charge in [-0.1, -0.05) is 24.3 Å². The first-order valence-corrected chi connectivity index (χ1v) is 7.51. The van der Waals surface area contributed by atoms with E-state index in [9.17, 15) is 9.18 Å². The molecule has 0 aliphatic carbocycles. The second-order valence-corrected chi connectivity index (χ2v) is 5.55. The number of hydrogen-bond acceptors (Lipinski definition) is 3.